The van der Waals surface area contributed by atoms with Crippen LogP contribution < -0.4 is 5.32 Å². The highest BCUT2D eigenvalue weighted by Crippen LogP contribution is 2.32. The summed E-state index contributed by atoms with van der Waals surface area (Å²) in [6, 6.07) is 0. The zero-order chi connectivity index (χ0) is 14.3. The van der Waals surface area contributed by atoms with Gasteiger partial charge >= 0.3 is 0 Å². The maximum absolute atomic E-state index is 5.59. The molecular formula is C16H32N2O2. The highest BCUT2D eigenvalue weighted by molar-refractivity contribution is 4.89. The molecule has 2 heterocycles. The van der Waals surface area contributed by atoms with E-state index in [4.69, 9.17) is 9.47 Å². The van der Waals surface area contributed by atoms with Crippen molar-refractivity contribution in [2.45, 2.75) is 32.6 Å². The molecule has 4 nitrogen and oxygen atoms in total. The predicted octanol–water partition coefficient (Wildman–Crippen LogP) is 1.75. The first-order valence-corrected chi connectivity index (χ1v) is 8.28. The lowest BCUT2D eigenvalue weighted by molar-refractivity contribution is -0.00183. The number of nitrogens with one attached hydrogen (secondary N) is 1. The molecule has 20 heavy (non-hydrogen) atoms. The van der Waals surface area contributed by atoms with E-state index in [9.17, 15) is 0 Å². The van der Waals surface area contributed by atoms with Crippen molar-refractivity contribution in [2.24, 2.45) is 11.3 Å². The van der Waals surface area contributed by atoms with Crippen LogP contribution in [-0.4, -0.2) is 64.6 Å². The molecule has 1 N–H and O–H groups in total. The van der Waals surface area contributed by atoms with Crippen molar-refractivity contribution in [1.29, 1.82) is 0 Å². The van der Waals surface area contributed by atoms with Gasteiger partial charge in [0.25, 0.3) is 0 Å². The smallest absolute Gasteiger partial charge is 0.0503 e. The van der Waals surface area contributed by atoms with Crippen LogP contribution in [0.15, 0.2) is 0 Å². The summed E-state index contributed by atoms with van der Waals surface area (Å²) in [5.74, 6) is 0.737. The van der Waals surface area contributed by atoms with Gasteiger partial charge in [0.15, 0.2) is 0 Å². The molecule has 2 fully saturated rings. The van der Waals surface area contributed by atoms with Gasteiger partial charge in [0.2, 0.25) is 0 Å². The maximum Gasteiger partial charge on any atom is 0.0503 e. The van der Waals surface area contributed by atoms with E-state index in [0.717, 1.165) is 38.8 Å². The lowest BCUT2D eigenvalue weighted by atomic mass is 9.79. The first-order valence-electron chi connectivity index (χ1n) is 8.28. The van der Waals surface area contributed by atoms with Crippen LogP contribution in [-0.2, 0) is 9.47 Å². The van der Waals surface area contributed by atoms with Crippen molar-refractivity contribution in [1.82, 2.24) is 10.2 Å². The Kier molecular flexibility index (Phi) is 6.75. The third-order valence-corrected chi connectivity index (χ3v) is 4.81. The Balaban J connectivity index is 1.84. The fourth-order valence-corrected chi connectivity index (χ4v) is 3.63. The first-order chi connectivity index (χ1) is 9.78. The highest BCUT2D eigenvalue weighted by atomic mass is 16.5. The van der Waals surface area contributed by atoms with Gasteiger partial charge in [-0.05, 0) is 50.1 Å². The molecule has 0 bridgehead atoms. The normalized spacial score (nSPS) is 27.0. The van der Waals surface area contributed by atoms with Gasteiger partial charge in [-0.2, -0.15) is 0 Å². The average molecular weight is 284 g/mol. The Morgan fingerprint density at radius 1 is 1.35 bits per heavy atom. The number of hydrogen-bond donors (Lipinski definition) is 1. The van der Waals surface area contributed by atoms with Gasteiger partial charge in [-0.25, -0.2) is 0 Å². The summed E-state index contributed by atoms with van der Waals surface area (Å²) in [6.45, 7) is 11.0. The Hall–Kier alpha value is -0.160. The van der Waals surface area contributed by atoms with E-state index < -0.39 is 0 Å². The highest BCUT2D eigenvalue weighted by Gasteiger charge is 2.36. The zero-order valence-corrected chi connectivity index (χ0v) is 13.3. The van der Waals surface area contributed by atoms with Crippen LogP contribution in [0.4, 0.5) is 0 Å². The molecule has 2 aliphatic rings. The Morgan fingerprint density at radius 2 is 2.15 bits per heavy atom. The molecular weight excluding hydrogens is 252 g/mol. The molecule has 4 heteroatoms. The fourth-order valence-electron chi connectivity index (χ4n) is 3.63. The van der Waals surface area contributed by atoms with Gasteiger partial charge in [0.05, 0.1) is 6.61 Å². The summed E-state index contributed by atoms with van der Waals surface area (Å²) in [4.78, 5) is 2.66. The summed E-state index contributed by atoms with van der Waals surface area (Å²) < 4.78 is 10.9. The van der Waals surface area contributed by atoms with Gasteiger partial charge in [-0.15, -0.1) is 0 Å². The summed E-state index contributed by atoms with van der Waals surface area (Å²) in [5.41, 5.74) is 0.426. The minimum absolute atomic E-state index is 0.426. The number of methoxy groups -OCH3 is 1. The molecule has 0 radical (unpaired) electrons. The number of nitrogens with zero attached hydrogens (tertiary/aromatic N) is 1. The standard InChI is InChI=1S/C16H32N2O2/c1-3-7-17-13-16(5-9-20-10-6-16)14-18-8-4-15(11-18)12-19-2/h15,17H,3-14H2,1-2H3. The van der Waals surface area contributed by atoms with E-state index in [1.54, 1.807) is 0 Å². The van der Waals surface area contributed by atoms with Crippen LogP contribution in [0.5, 0.6) is 0 Å². The second-order valence-electron chi connectivity index (χ2n) is 6.63. The van der Waals surface area contributed by atoms with Crippen LogP contribution in [0.3, 0.4) is 0 Å². The van der Waals surface area contributed by atoms with Crippen molar-refractivity contribution in [2.75, 3.05) is 59.7 Å². The first kappa shape index (κ1) is 16.2. The zero-order valence-electron chi connectivity index (χ0n) is 13.3. The summed E-state index contributed by atoms with van der Waals surface area (Å²) in [7, 11) is 1.82. The minimum atomic E-state index is 0.426. The maximum atomic E-state index is 5.59. The van der Waals surface area contributed by atoms with E-state index in [2.05, 4.69) is 17.1 Å². The number of hydrogen-bond acceptors (Lipinski definition) is 4. The SMILES string of the molecule is CCCNCC1(CN2CCC(COC)C2)CCOCC1. The Morgan fingerprint density at radius 3 is 2.85 bits per heavy atom. The molecule has 2 rings (SSSR count). The monoisotopic (exact) mass is 284 g/mol. The van der Waals surface area contributed by atoms with E-state index in [1.807, 2.05) is 7.11 Å². The molecule has 118 valence electrons. The number of ether oxygens (including phenoxy) is 2. The van der Waals surface area contributed by atoms with Crippen molar-refractivity contribution in [3.05, 3.63) is 0 Å². The van der Waals surface area contributed by atoms with Crippen LogP contribution >= 0.6 is 0 Å². The largest absolute Gasteiger partial charge is 0.384 e. The molecule has 0 amide bonds. The Bertz CT molecular complexity index is 267. The molecule has 1 unspecified atom stereocenters. The molecule has 0 aromatic carbocycles. The third kappa shape index (κ3) is 4.69. The van der Waals surface area contributed by atoms with Crippen LogP contribution in [0.2, 0.25) is 0 Å². The third-order valence-electron chi connectivity index (χ3n) is 4.81. The van der Waals surface area contributed by atoms with Crippen molar-refractivity contribution >= 4 is 0 Å². The minimum Gasteiger partial charge on any atom is -0.384 e. The Labute approximate surface area is 124 Å². The van der Waals surface area contributed by atoms with Crippen LogP contribution in [0.25, 0.3) is 0 Å². The van der Waals surface area contributed by atoms with E-state index in [1.165, 1.54) is 45.3 Å². The predicted molar refractivity (Wildman–Crippen MR) is 82.1 cm³/mol. The number of rotatable bonds is 8. The van der Waals surface area contributed by atoms with Gasteiger partial charge in [-0.1, -0.05) is 6.92 Å². The lowest BCUT2D eigenvalue weighted by Gasteiger charge is -2.40. The summed E-state index contributed by atoms with van der Waals surface area (Å²) >= 11 is 0. The molecule has 2 aliphatic heterocycles. The molecule has 1 atom stereocenters. The fraction of sp³-hybridized carbons (Fsp3) is 1.00. The van der Waals surface area contributed by atoms with E-state index in [-0.39, 0.29) is 0 Å². The second kappa shape index (κ2) is 8.32. The quantitative estimate of drug-likeness (QED) is 0.689. The molecule has 0 aliphatic carbocycles. The van der Waals surface area contributed by atoms with Gasteiger partial charge in [-0.3, -0.25) is 0 Å². The van der Waals surface area contributed by atoms with E-state index in [0.29, 0.717) is 5.41 Å². The van der Waals surface area contributed by atoms with Gasteiger partial charge in [0.1, 0.15) is 0 Å². The average Bonchev–Trinajstić information content (AvgIpc) is 2.88. The van der Waals surface area contributed by atoms with Crippen molar-refractivity contribution in [3.8, 4) is 0 Å². The van der Waals surface area contributed by atoms with Gasteiger partial charge in [0, 0.05) is 40.0 Å². The molecule has 0 aromatic heterocycles. The van der Waals surface area contributed by atoms with E-state index >= 15 is 0 Å². The molecule has 2 saturated heterocycles. The van der Waals surface area contributed by atoms with Crippen LogP contribution in [0.1, 0.15) is 32.6 Å². The lowest BCUT2D eigenvalue weighted by Crippen LogP contribution is -2.47. The summed E-state index contributed by atoms with van der Waals surface area (Å²) in [6.07, 6.45) is 4.92. The summed E-state index contributed by atoms with van der Waals surface area (Å²) in [5, 5.41) is 3.65. The topological polar surface area (TPSA) is 33.7 Å². The van der Waals surface area contributed by atoms with Crippen LogP contribution in [0, 0.1) is 11.3 Å². The van der Waals surface area contributed by atoms with Crippen molar-refractivity contribution in [3.63, 3.8) is 0 Å². The molecule has 0 saturated carbocycles. The molecule has 0 aromatic rings. The van der Waals surface area contributed by atoms with Gasteiger partial charge < -0.3 is 19.7 Å². The second-order valence-corrected chi connectivity index (χ2v) is 6.63. The van der Waals surface area contributed by atoms with Crippen molar-refractivity contribution < 1.29 is 9.47 Å². The number of likely N-dealkylation sites (tertiary alicyclic amines) is 1. The molecule has 0 spiro atoms.